The Labute approximate surface area is 141 Å². The molecular weight excluding hydrogens is 314 g/mol. The fourth-order valence-electron chi connectivity index (χ4n) is 3.46. The molecule has 2 atom stereocenters. The van der Waals surface area contributed by atoms with E-state index < -0.39 is 0 Å². The molecule has 1 aliphatic heterocycles. The van der Waals surface area contributed by atoms with Crippen LogP contribution in [-0.2, 0) is 0 Å². The number of benzene rings is 1. The standard InChI is InChI=1S/C17H22ClN3O2/c1-11-15(12-7-9-13(18)10-8-12)20-17(23)21(11)16(22)19-14-5-3-2-4-6-14/h7-11,14-15H,2-6H2,1H3,(H,19,22)(H,20,23). The van der Waals surface area contributed by atoms with Crippen molar-refractivity contribution in [2.45, 2.75) is 57.2 Å². The van der Waals surface area contributed by atoms with Gasteiger partial charge in [0.2, 0.25) is 0 Å². The minimum absolute atomic E-state index is 0.186. The number of hydrogen-bond acceptors (Lipinski definition) is 2. The highest BCUT2D eigenvalue weighted by atomic mass is 35.5. The molecular formula is C17H22ClN3O2. The van der Waals surface area contributed by atoms with Crippen molar-refractivity contribution in [3.05, 3.63) is 34.9 Å². The number of nitrogens with one attached hydrogen (secondary N) is 2. The second kappa shape index (κ2) is 6.79. The van der Waals surface area contributed by atoms with Crippen molar-refractivity contribution < 1.29 is 9.59 Å². The Bertz CT molecular complexity index is 584. The van der Waals surface area contributed by atoms with Crippen LogP contribution >= 0.6 is 11.6 Å². The van der Waals surface area contributed by atoms with Gasteiger partial charge in [0.15, 0.2) is 0 Å². The van der Waals surface area contributed by atoms with E-state index in [1.807, 2.05) is 19.1 Å². The summed E-state index contributed by atoms with van der Waals surface area (Å²) in [6, 6.07) is 6.44. The highest BCUT2D eigenvalue weighted by Gasteiger charge is 2.41. The summed E-state index contributed by atoms with van der Waals surface area (Å²) in [5.74, 6) is 0. The number of hydrogen-bond donors (Lipinski definition) is 2. The first-order valence-electron chi connectivity index (χ1n) is 8.22. The molecule has 0 aromatic heterocycles. The third kappa shape index (κ3) is 3.44. The second-order valence-corrected chi connectivity index (χ2v) is 6.81. The molecule has 124 valence electrons. The van der Waals surface area contributed by atoms with Gasteiger partial charge in [-0.2, -0.15) is 0 Å². The van der Waals surface area contributed by atoms with E-state index in [0.29, 0.717) is 5.02 Å². The number of halogens is 1. The second-order valence-electron chi connectivity index (χ2n) is 6.37. The lowest BCUT2D eigenvalue weighted by Gasteiger charge is -2.27. The molecule has 2 unspecified atom stereocenters. The number of amides is 4. The molecule has 4 amide bonds. The summed E-state index contributed by atoms with van der Waals surface area (Å²) in [6.45, 7) is 1.89. The van der Waals surface area contributed by atoms with E-state index >= 15 is 0 Å². The van der Waals surface area contributed by atoms with Gasteiger partial charge in [-0.25, -0.2) is 14.5 Å². The number of urea groups is 2. The average Bonchev–Trinajstić information content (AvgIpc) is 2.84. The molecule has 2 N–H and O–H groups in total. The van der Waals surface area contributed by atoms with Crippen molar-refractivity contribution >= 4 is 23.7 Å². The minimum Gasteiger partial charge on any atom is -0.335 e. The number of carbonyl (C=O) groups is 2. The van der Waals surface area contributed by atoms with Crippen LogP contribution in [0.15, 0.2) is 24.3 Å². The number of nitrogens with zero attached hydrogens (tertiary/aromatic N) is 1. The summed E-state index contributed by atoms with van der Waals surface area (Å²) in [5.41, 5.74) is 0.947. The van der Waals surface area contributed by atoms with Crippen LogP contribution in [0.3, 0.4) is 0 Å². The van der Waals surface area contributed by atoms with Gasteiger partial charge in [-0.05, 0) is 37.5 Å². The van der Waals surface area contributed by atoms with Crippen LogP contribution in [0.2, 0.25) is 5.02 Å². The monoisotopic (exact) mass is 335 g/mol. The van der Waals surface area contributed by atoms with Crippen LogP contribution in [0.4, 0.5) is 9.59 Å². The lowest BCUT2D eigenvalue weighted by Crippen LogP contribution is -2.49. The van der Waals surface area contributed by atoms with E-state index in [9.17, 15) is 9.59 Å². The van der Waals surface area contributed by atoms with Crippen molar-refractivity contribution in [2.24, 2.45) is 0 Å². The molecule has 1 saturated carbocycles. The molecule has 0 bridgehead atoms. The summed E-state index contributed by atoms with van der Waals surface area (Å²) in [7, 11) is 0. The molecule has 3 rings (SSSR count). The maximum atomic E-state index is 12.5. The molecule has 1 aromatic carbocycles. The summed E-state index contributed by atoms with van der Waals surface area (Å²) in [5, 5.41) is 6.55. The molecule has 1 saturated heterocycles. The predicted molar refractivity (Wildman–Crippen MR) is 89.4 cm³/mol. The Kier molecular flexibility index (Phi) is 4.76. The van der Waals surface area contributed by atoms with Gasteiger partial charge in [-0.1, -0.05) is 43.0 Å². The van der Waals surface area contributed by atoms with E-state index in [0.717, 1.165) is 31.2 Å². The maximum Gasteiger partial charge on any atom is 0.326 e. The fraction of sp³-hybridized carbons (Fsp3) is 0.529. The molecule has 23 heavy (non-hydrogen) atoms. The Hall–Kier alpha value is -1.75. The summed E-state index contributed by atoms with van der Waals surface area (Å²) < 4.78 is 0. The maximum absolute atomic E-state index is 12.5. The zero-order valence-corrected chi connectivity index (χ0v) is 14.0. The Balaban J connectivity index is 1.69. The molecule has 1 heterocycles. The van der Waals surface area contributed by atoms with Crippen molar-refractivity contribution in [3.63, 3.8) is 0 Å². The SMILES string of the molecule is CC1C(c2ccc(Cl)cc2)NC(=O)N1C(=O)NC1CCCCC1. The Morgan fingerprint density at radius 2 is 1.87 bits per heavy atom. The van der Waals surface area contributed by atoms with Crippen LogP contribution < -0.4 is 10.6 Å². The minimum atomic E-state index is -0.342. The van der Waals surface area contributed by atoms with E-state index in [1.54, 1.807) is 12.1 Å². The smallest absolute Gasteiger partial charge is 0.326 e. The van der Waals surface area contributed by atoms with Gasteiger partial charge < -0.3 is 10.6 Å². The average molecular weight is 336 g/mol. The third-order valence-corrected chi connectivity index (χ3v) is 5.02. The van der Waals surface area contributed by atoms with Crippen molar-refractivity contribution in [3.8, 4) is 0 Å². The number of rotatable bonds is 2. The van der Waals surface area contributed by atoms with Crippen molar-refractivity contribution in [1.82, 2.24) is 15.5 Å². The van der Waals surface area contributed by atoms with Gasteiger partial charge in [-0.3, -0.25) is 0 Å². The van der Waals surface area contributed by atoms with Crippen molar-refractivity contribution in [1.29, 1.82) is 0 Å². The highest BCUT2D eigenvalue weighted by Crippen LogP contribution is 2.28. The molecule has 5 nitrogen and oxygen atoms in total. The summed E-state index contributed by atoms with van der Waals surface area (Å²) in [6.07, 6.45) is 5.50. The molecule has 2 aliphatic rings. The molecule has 0 spiro atoms. The normalized spacial score (nSPS) is 25.3. The van der Waals surface area contributed by atoms with Gasteiger partial charge in [0, 0.05) is 11.1 Å². The van der Waals surface area contributed by atoms with Gasteiger partial charge in [0.1, 0.15) is 0 Å². The topological polar surface area (TPSA) is 61.4 Å². The van der Waals surface area contributed by atoms with Gasteiger partial charge in [0.25, 0.3) is 0 Å². The van der Waals surface area contributed by atoms with E-state index in [-0.39, 0.29) is 30.2 Å². The summed E-state index contributed by atoms with van der Waals surface area (Å²) in [4.78, 5) is 26.0. The van der Waals surface area contributed by atoms with Crippen LogP contribution in [-0.4, -0.2) is 29.0 Å². The van der Waals surface area contributed by atoms with E-state index in [2.05, 4.69) is 10.6 Å². The Morgan fingerprint density at radius 3 is 2.52 bits per heavy atom. The fourth-order valence-corrected chi connectivity index (χ4v) is 3.58. The van der Waals surface area contributed by atoms with Gasteiger partial charge in [-0.15, -0.1) is 0 Å². The molecule has 6 heteroatoms. The first kappa shape index (κ1) is 16.1. The van der Waals surface area contributed by atoms with Crippen LogP contribution in [0.5, 0.6) is 0 Å². The first-order chi connectivity index (χ1) is 11.1. The van der Waals surface area contributed by atoms with Crippen LogP contribution in [0.1, 0.15) is 50.6 Å². The molecule has 2 fully saturated rings. The number of imide groups is 1. The zero-order valence-electron chi connectivity index (χ0n) is 13.2. The third-order valence-electron chi connectivity index (χ3n) is 4.77. The van der Waals surface area contributed by atoms with E-state index in [4.69, 9.17) is 11.6 Å². The molecule has 1 aliphatic carbocycles. The largest absolute Gasteiger partial charge is 0.335 e. The van der Waals surface area contributed by atoms with Crippen LogP contribution in [0, 0.1) is 0 Å². The Morgan fingerprint density at radius 1 is 1.22 bits per heavy atom. The van der Waals surface area contributed by atoms with Crippen LogP contribution in [0.25, 0.3) is 0 Å². The zero-order chi connectivity index (χ0) is 16.4. The summed E-state index contributed by atoms with van der Waals surface area (Å²) >= 11 is 5.91. The first-order valence-corrected chi connectivity index (χ1v) is 8.60. The lowest BCUT2D eigenvalue weighted by molar-refractivity contribution is 0.183. The van der Waals surface area contributed by atoms with Gasteiger partial charge in [0.05, 0.1) is 12.1 Å². The quantitative estimate of drug-likeness (QED) is 0.862. The number of carbonyl (C=O) groups excluding carboxylic acids is 2. The molecule has 1 aromatic rings. The lowest BCUT2D eigenvalue weighted by atomic mass is 9.95. The van der Waals surface area contributed by atoms with E-state index in [1.165, 1.54) is 11.3 Å². The predicted octanol–water partition coefficient (Wildman–Crippen LogP) is 3.84. The van der Waals surface area contributed by atoms with Gasteiger partial charge >= 0.3 is 12.1 Å². The molecule has 0 radical (unpaired) electrons. The van der Waals surface area contributed by atoms with Crippen molar-refractivity contribution in [2.75, 3.05) is 0 Å². The highest BCUT2D eigenvalue weighted by molar-refractivity contribution is 6.30.